The highest BCUT2D eigenvalue weighted by Gasteiger charge is 2.21. The molecule has 1 fully saturated rings. The lowest BCUT2D eigenvalue weighted by atomic mass is 10.1. The standard InChI is InChI=1S/C17H19NO3S/c1-13-4-2-3-5-17(13)22(19,20)15-8-6-14(7-9-15)16-12-18-10-11-21-16/h2-9,16,18H,10-12H2,1H3. The summed E-state index contributed by atoms with van der Waals surface area (Å²) in [4.78, 5) is 0.674. The molecule has 0 spiro atoms. The summed E-state index contributed by atoms with van der Waals surface area (Å²) in [6.45, 7) is 4.09. The summed E-state index contributed by atoms with van der Waals surface area (Å²) in [5.74, 6) is 0. The fourth-order valence-electron chi connectivity index (χ4n) is 2.63. The minimum atomic E-state index is -3.47. The second kappa shape index (κ2) is 6.20. The lowest BCUT2D eigenvalue weighted by Gasteiger charge is -2.24. The first kappa shape index (κ1) is 15.2. The van der Waals surface area contributed by atoms with Gasteiger partial charge in [0.05, 0.1) is 22.5 Å². The summed E-state index contributed by atoms with van der Waals surface area (Å²) in [5.41, 5.74) is 1.75. The van der Waals surface area contributed by atoms with Crippen molar-refractivity contribution in [1.82, 2.24) is 5.32 Å². The van der Waals surface area contributed by atoms with Gasteiger partial charge >= 0.3 is 0 Å². The Balaban J connectivity index is 1.90. The van der Waals surface area contributed by atoms with E-state index in [0.29, 0.717) is 16.4 Å². The number of morpholine rings is 1. The van der Waals surface area contributed by atoms with Crippen LogP contribution in [-0.4, -0.2) is 28.1 Å². The maximum Gasteiger partial charge on any atom is 0.206 e. The number of hydrogen-bond donors (Lipinski definition) is 1. The Bertz CT molecular complexity index is 748. The highest BCUT2D eigenvalue weighted by atomic mass is 32.2. The smallest absolute Gasteiger partial charge is 0.206 e. The summed E-state index contributed by atoms with van der Waals surface area (Å²) in [6, 6.07) is 14.0. The Morgan fingerprint density at radius 2 is 1.82 bits per heavy atom. The maximum absolute atomic E-state index is 12.7. The molecule has 2 aromatic carbocycles. The second-order valence-electron chi connectivity index (χ2n) is 5.40. The predicted octanol–water partition coefficient (Wildman–Crippen LogP) is 2.49. The molecule has 1 saturated heterocycles. The summed E-state index contributed by atoms with van der Waals surface area (Å²) in [7, 11) is -3.47. The van der Waals surface area contributed by atoms with Crippen LogP contribution in [-0.2, 0) is 14.6 Å². The molecule has 1 unspecified atom stereocenters. The zero-order valence-corrected chi connectivity index (χ0v) is 13.3. The normalized spacial score (nSPS) is 19.0. The van der Waals surface area contributed by atoms with Gasteiger partial charge in [0.1, 0.15) is 0 Å². The van der Waals surface area contributed by atoms with E-state index >= 15 is 0 Å². The molecule has 22 heavy (non-hydrogen) atoms. The van der Waals surface area contributed by atoms with Crippen LogP contribution < -0.4 is 5.32 Å². The van der Waals surface area contributed by atoms with Crippen LogP contribution in [0.2, 0.25) is 0 Å². The van der Waals surface area contributed by atoms with E-state index in [0.717, 1.165) is 24.2 Å². The summed E-state index contributed by atoms with van der Waals surface area (Å²) < 4.78 is 31.1. The fraction of sp³-hybridized carbons (Fsp3) is 0.294. The first-order valence-electron chi connectivity index (χ1n) is 7.32. The maximum atomic E-state index is 12.7. The molecule has 1 atom stereocenters. The number of sulfone groups is 1. The van der Waals surface area contributed by atoms with Gasteiger partial charge in [-0.2, -0.15) is 0 Å². The molecule has 0 bridgehead atoms. The van der Waals surface area contributed by atoms with E-state index < -0.39 is 9.84 Å². The summed E-state index contributed by atoms with van der Waals surface area (Å²) in [6.07, 6.45) is -0.0102. The van der Waals surface area contributed by atoms with Gasteiger partial charge in [-0.25, -0.2) is 8.42 Å². The highest BCUT2D eigenvalue weighted by molar-refractivity contribution is 7.91. The Labute approximate surface area is 131 Å². The van der Waals surface area contributed by atoms with Crippen LogP contribution in [0.1, 0.15) is 17.2 Å². The van der Waals surface area contributed by atoms with Gasteiger partial charge in [-0.1, -0.05) is 30.3 Å². The minimum absolute atomic E-state index is 0.0102. The Hall–Kier alpha value is -1.69. The van der Waals surface area contributed by atoms with Crippen molar-refractivity contribution in [1.29, 1.82) is 0 Å². The molecule has 4 nitrogen and oxygen atoms in total. The Morgan fingerprint density at radius 3 is 2.45 bits per heavy atom. The van der Waals surface area contributed by atoms with E-state index in [1.165, 1.54) is 0 Å². The number of nitrogens with one attached hydrogen (secondary N) is 1. The predicted molar refractivity (Wildman–Crippen MR) is 84.6 cm³/mol. The molecular formula is C17H19NO3S. The van der Waals surface area contributed by atoms with Crippen molar-refractivity contribution in [2.75, 3.05) is 19.7 Å². The van der Waals surface area contributed by atoms with Crippen molar-refractivity contribution < 1.29 is 13.2 Å². The molecule has 0 aromatic heterocycles. The highest BCUT2D eigenvalue weighted by Crippen LogP contribution is 2.26. The number of hydrogen-bond acceptors (Lipinski definition) is 4. The van der Waals surface area contributed by atoms with Crippen LogP contribution in [0.3, 0.4) is 0 Å². The quantitative estimate of drug-likeness (QED) is 0.945. The van der Waals surface area contributed by atoms with Crippen LogP contribution >= 0.6 is 0 Å². The van der Waals surface area contributed by atoms with E-state index in [4.69, 9.17) is 4.74 Å². The van der Waals surface area contributed by atoms with Crippen molar-refractivity contribution in [2.24, 2.45) is 0 Å². The first-order chi connectivity index (χ1) is 10.6. The lowest BCUT2D eigenvalue weighted by molar-refractivity contribution is 0.0277. The van der Waals surface area contributed by atoms with Gasteiger partial charge < -0.3 is 10.1 Å². The molecule has 5 heteroatoms. The average Bonchev–Trinajstić information content (AvgIpc) is 2.56. The van der Waals surface area contributed by atoms with Crippen molar-refractivity contribution in [3.63, 3.8) is 0 Å². The topological polar surface area (TPSA) is 55.4 Å². The molecule has 0 saturated carbocycles. The number of aryl methyl sites for hydroxylation is 1. The summed E-state index contributed by atoms with van der Waals surface area (Å²) >= 11 is 0. The van der Waals surface area contributed by atoms with Crippen LogP contribution in [0, 0.1) is 6.92 Å². The molecule has 0 amide bonds. The third-order valence-electron chi connectivity index (χ3n) is 3.87. The van der Waals surface area contributed by atoms with Gasteiger partial charge in [-0.15, -0.1) is 0 Å². The molecule has 1 aliphatic heterocycles. The van der Waals surface area contributed by atoms with Crippen LogP contribution in [0.15, 0.2) is 58.3 Å². The molecule has 1 heterocycles. The minimum Gasteiger partial charge on any atom is -0.371 e. The van der Waals surface area contributed by atoms with Gasteiger partial charge in [-0.3, -0.25) is 0 Å². The SMILES string of the molecule is Cc1ccccc1S(=O)(=O)c1ccc(C2CNCCO2)cc1. The monoisotopic (exact) mass is 317 g/mol. The average molecular weight is 317 g/mol. The van der Waals surface area contributed by atoms with Gasteiger partial charge in [0.2, 0.25) is 9.84 Å². The third-order valence-corrected chi connectivity index (χ3v) is 5.80. The Morgan fingerprint density at radius 1 is 1.09 bits per heavy atom. The fourth-order valence-corrected chi connectivity index (χ4v) is 4.12. The molecular weight excluding hydrogens is 298 g/mol. The van der Waals surface area contributed by atoms with Crippen molar-refractivity contribution in [2.45, 2.75) is 22.8 Å². The summed E-state index contributed by atoms with van der Waals surface area (Å²) in [5, 5.41) is 3.27. The second-order valence-corrected chi connectivity index (χ2v) is 7.32. The van der Waals surface area contributed by atoms with Crippen molar-refractivity contribution in [3.8, 4) is 0 Å². The first-order valence-corrected chi connectivity index (χ1v) is 8.80. The van der Waals surface area contributed by atoms with E-state index in [9.17, 15) is 8.42 Å². The molecule has 0 aliphatic carbocycles. The zero-order valence-electron chi connectivity index (χ0n) is 12.5. The largest absolute Gasteiger partial charge is 0.371 e. The van der Waals surface area contributed by atoms with Crippen LogP contribution in [0.4, 0.5) is 0 Å². The van der Waals surface area contributed by atoms with E-state index in [2.05, 4.69) is 5.32 Å². The van der Waals surface area contributed by atoms with E-state index in [1.54, 1.807) is 24.3 Å². The number of benzene rings is 2. The Kier molecular flexibility index (Phi) is 4.29. The lowest BCUT2D eigenvalue weighted by Crippen LogP contribution is -2.33. The molecule has 3 rings (SSSR count). The third kappa shape index (κ3) is 2.92. The van der Waals surface area contributed by atoms with Crippen molar-refractivity contribution in [3.05, 3.63) is 59.7 Å². The van der Waals surface area contributed by atoms with Gasteiger partial charge in [-0.05, 0) is 36.2 Å². The van der Waals surface area contributed by atoms with Crippen LogP contribution in [0.25, 0.3) is 0 Å². The van der Waals surface area contributed by atoms with Crippen molar-refractivity contribution >= 4 is 9.84 Å². The van der Waals surface area contributed by atoms with Crippen LogP contribution in [0.5, 0.6) is 0 Å². The molecule has 2 aromatic rings. The molecule has 1 aliphatic rings. The number of ether oxygens (including phenoxy) is 1. The van der Waals surface area contributed by atoms with Gasteiger partial charge in [0, 0.05) is 13.1 Å². The molecule has 1 N–H and O–H groups in total. The molecule has 0 radical (unpaired) electrons. The van der Waals surface area contributed by atoms with Gasteiger partial charge in [0.15, 0.2) is 0 Å². The van der Waals surface area contributed by atoms with Gasteiger partial charge in [0.25, 0.3) is 0 Å². The molecule has 116 valence electrons. The zero-order chi connectivity index (χ0) is 15.6. The van der Waals surface area contributed by atoms with E-state index in [1.807, 2.05) is 31.2 Å². The van der Waals surface area contributed by atoms with E-state index in [-0.39, 0.29) is 6.10 Å². The number of rotatable bonds is 3.